The molecule has 0 rings (SSSR count). The highest BCUT2D eigenvalue weighted by molar-refractivity contribution is 5.92. The molecule has 0 heterocycles. The van der Waals surface area contributed by atoms with Crippen LogP contribution in [0.15, 0.2) is 11.1 Å². The smallest absolute Gasteiger partial charge is 0.244 e. The van der Waals surface area contributed by atoms with E-state index in [9.17, 15) is 9.90 Å². The van der Waals surface area contributed by atoms with Crippen molar-refractivity contribution in [3.05, 3.63) is 11.1 Å². The molecular weight excluding hydrogens is 182 g/mol. The first-order valence-corrected chi connectivity index (χ1v) is 4.76. The largest absolute Gasteiger partial charge is 0.396 e. The summed E-state index contributed by atoms with van der Waals surface area (Å²) in [6, 6.07) is 0. The third-order valence-corrected chi connectivity index (χ3v) is 2.08. The summed E-state index contributed by atoms with van der Waals surface area (Å²) in [5, 5.41) is 17.9. The molecule has 0 saturated carbocycles. The van der Waals surface area contributed by atoms with Crippen LogP contribution in [0.2, 0.25) is 0 Å². The Morgan fingerprint density at radius 2 is 2.07 bits per heavy atom. The van der Waals surface area contributed by atoms with E-state index in [-0.39, 0.29) is 6.61 Å². The molecule has 4 nitrogen and oxygen atoms in total. The Kier molecular flexibility index (Phi) is 6.16. The van der Waals surface area contributed by atoms with Gasteiger partial charge in [0.2, 0.25) is 5.91 Å². The number of hydrogen-bond acceptors (Lipinski definition) is 3. The van der Waals surface area contributed by atoms with E-state index >= 15 is 0 Å². The number of carbonyl (C=O) groups excluding carboxylic acids is 1. The number of aliphatic hydroxyl groups is 2. The van der Waals surface area contributed by atoms with Gasteiger partial charge in [0.05, 0.1) is 6.10 Å². The van der Waals surface area contributed by atoms with Gasteiger partial charge in [-0.25, -0.2) is 0 Å². The van der Waals surface area contributed by atoms with Crippen molar-refractivity contribution < 1.29 is 15.0 Å². The fraction of sp³-hybridized carbons (Fsp3) is 0.700. The second-order valence-electron chi connectivity index (χ2n) is 3.47. The summed E-state index contributed by atoms with van der Waals surface area (Å²) >= 11 is 0. The third kappa shape index (κ3) is 4.99. The first-order valence-electron chi connectivity index (χ1n) is 4.76. The van der Waals surface area contributed by atoms with Gasteiger partial charge in [0.15, 0.2) is 0 Å². The molecular formula is C10H19NO3. The molecule has 14 heavy (non-hydrogen) atoms. The highest BCUT2D eigenvalue weighted by Crippen LogP contribution is 2.17. The van der Waals surface area contributed by atoms with E-state index in [1.54, 1.807) is 13.8 Å². The zero-order valence-electron chi connectivity index (χ0n) is 8.79. The normalized spacial score (nSPS) is 14.9. The maximum Gasteiger partial charge on any atom is 0.244 e. The minimum Gasteiger partial charge on any atom is -0.396 e. The molecule has 82 valence electrons. The summed E-state index contributed by atoms with van der Waals surface area (Å²) in [7, 11) is 0. The molecule has 0 aromatic heterocycles. The zero-order chi connectivity index (χ0) is 11.1. The lowest BCUT2D eigenvalue weighted by Crippen LogP contribution is -2.15. The van der Waals surface area contributed by atoms with Crippen LogP contribution < -0.4 is 5.73 Å². The molecule has 0 aromatic rings. The summed E-state index contributed by atoms with van der Waals surface area (Å²) < 4.78 is 0. The van der Waals surface area contributed by atoms with Gasteiger partial charge in [-0.05, 0) is 33.1 Å². The second kappa shape index (κ2) is 6.56. The van der Waals surface area contributed by atoms with Crippen LogP contribution in [-0.4, -0.2) is 28.8 Å². The monoisotopic (exact) mass is 201 g/mol. The van der Waals surface area contributed by atoms with Gasteiger partial charge in [0, 0.05) is 12.2 Å². The van der Waals surface area contributed by atoms with E-state index in [0.717, 1.165) is 5.57 Å². The van der Waals surface area contributed by atoms with E-state index in [1.165, 1.54) is 0 Å². The highest BCUT2D eigenvalue weighted by atomic mass is 16.3. The van der Waals surface area contributed by atoms with Gasteiger partial charge in [-0.15, -0.1) is 0 Å². The minimum absolute atomic E-state index is 0.0787. The van der Waals surface area contributed by atoms with Gasteiger partial charge >= 0.3 is 0 Å². The van der Waals surface area contributed by atoms with Crippen molar-refractivity contribution in [3.8, 4) is 0 Å². The zero-order valence-corrected chi connectivity index (χ0v) is 8.79. The summed E-state index contributed by atoms with van der Waals surface area (Å²) in [4.78, 5) is 10.9. The number of rotatable bonds is 6. The fourth-order valence-electron chi connectivity index (χ4n) is 1.27. The van der Waals surface area contributed by atoms with Crippen molar-refractivity contribution in [1.29, 1.82) is 0 Å². The number of amides is 1. The molecule has 0 radical (unpaired) electrons. The first kappa shape index (κ1) is 13.1. The lowest BCUT2D eigenvalue weighted by molar-refractivity contribution is -0.114. The van der Waals surface area contributed by atoms with Gasteiger partial charge in [-0.3, -0.25) is 4.79 Å². The Morgan fingerprint density at radius 3 is 2.43 bits per heavy atom. The van der Waals surface area contributed by atoms with E-state index in [4.69, 9.17) is 10.8 Å². The Hall–Kier alpha value is -0.870. The lowest BCUT2D eigenvalue weighted by atomic mass is 9.98. The molecule has 0 aromatic carbocycles. The van der Waals surface area contributed by atoms with Crippen LogP contribution in [0.25, 0.3) is 0 Å². The van der Waals surface area contributed by atoms with Crippen LogP contribution in [0.1, 0.15) is 33.1 Å². The maximum absolute atomic E-state index is 10.9. The number of hydrogen-bond donors (Lipinski definition) is 3. The van der Waals surface area contributed by atoms with Crippen molar-refractivity contribution in [3.63, 3.8) is 0 Å². The van der Waals surface area contributed by atoms with Crippen LogP contribution in [0.5, 0.6) is 0 Å². The topological polar surface area (TPSA) is 83.6 Å². The number of nitrogens with two attached hydrogens (primary N) is 1. The first-order chi connectivity index (χ1) is 6.49. The molecule has 0 spiro atoms. The Morgan fingerprint density at radius 1 is 1.50 bits per heavy atom. The summed E-state index contributed by atoms with van der Waals surface area (Å²) in [5.74, 6) is -0.460. The predicted molar refractivity (Wildman–Crippen MR) is 54.5 cm³/mol. The third-order valence-electron chi connectivity index (χ3n) is 2.08. The van der Waals surface area contributed by atoms with Crippen molar-refractivity contribution in [2.45, 2.75) is 39.2 Å². The summed E-state index contributed by atoms with van der Waals surface area (Å²) in [5.41, 5.74) is 6.48. The summed E-state index contributed by atoms with van der Waals surface area (Å²) in [6.07, 6.45) is 1.15. The molecule has 1 amide bonds. The summed E-state index contributed by atoms with van der Waals surface area (Å²) in [6.45, 7) is 3.39. The number of carbonyl (C=O) groups is 1. The van der Waals surface area contributed by atoms with Crippen LogP contribution in [0.4, 0.5) is 0 Å². The molecule has 0 saturated heterocycles. The molecule has 4 N–H and O–H groups in total. The molecule has 0 aliphatic rings. The van der Waals surface area contributed by atoms with Gasteiger partial charge < -0.3 is 15.9 Å². The average molecular weight is 201 g/mol. The van der Waals surface area contributed by atoms with E-state index in [2.05, 4.69) is 0 Å². The minimum atomic E-state index is -0.488. The van der Waals surface area contributed by atoms with Gasteiger partial charge in [0.1, 0.15) is 0 Å². The standard InChI is InChI=1S/C10H19NO3/c1-7(13)6-9(4-3-5-12)8(2)10(11)14/h7,12-13H,3-6H2,1-2H3,(H2,11,14). The van der Waals surface area contributed by atoms with Crippen molar-refractivity contribution in [1.82, 2.24) is 0 Å². The Bertz CT molecular complexity index is 221. The van der Waals surface area contributed by atoms with E-state index in [1.807, 2.05) is 0 Å². The SMILES string of the molecule is CC(C(N)=O)=C(CCCO)CC(C)O. The lowest BCUT2D eigenvalue weighted by Gasteiger charge is -2.11. The molecule has 1 unspecified atom stereocenters. The fourth-order valence-corrected chi connectivity index (χ4v) is 1.27. The molecule has 4 heteroatoms. The predicted octanol–water partition coefficient (Wildman–Crippen LogP) is 0.332. The number of aliphatic hydroxyl groups excluding tert-OH is 2. The van der Waals surface area contributed by atoms with Crippen LogP contribution in [0, 0.1) is 0 Å². The molecule has 1 atom stereocenters. The van der Waals surface area contributed by atoms with Crippen molar-refractivity contribution in [2.24, 2.45) is 5.73 Å². The molecule has 0 fully saturated rings. The van der Waals surface area contributed by atoms with Crippen LogP contribution in [0.3, 0.4) is 0 Å². The molecule has 0 bridgehead atoms. The van der Waals surface area contributed by atoms with Crippen molar-refractivity contribution in [2.75, 3.05) is 6.61 Å². The Labute approximate surface area is 84.4 Å². The van der Waals surface area contributed by atoms with Crippen LogP contribution >= 0.6 is 0 Å². The van der Waals surface area contributed by atoms with Gasteiger partial charge in [0.25, 0.3) is 0 Å². The maximum atomic E-state index is 10.9. The molecule has 0 aliphatic heterocycles. The Balaban J connectivity index is 4.52. The second-order valence-corrected chi connectivity index (χ2v) is 3.47. The van der Waals surface area contributed by atoms with Gasteiger partial charge in [-0.1, -0.05) is 5.57 Å². The average Bonchev–Trinajstić information content (AvgIpc) is 2.10. The van der Waals surface area contributed by atoms with Crippen molar-refractivity contribution >= 4 is 5.91 Å². The quantitative estimate of drug-likeness (QED) is 0.541. The molecule has 0 aliphatic carbocycles. The van der Waals surface area contributed by atoms with Crippen LogP contribution in [-0.2, 0) is 4.79 Å². The highest BCUT2D eigenvalue weighted by Gasteiger charge is 2.09. The number of primary amides is 1. The van der Waals surface area contributed by atoms with E-state index in [0.29, 0.717) is 24.8 Å². The van der Waals surface area contributed by atoms with E-state index < -0.39 is 12.0 Å². The van der Waals surface area contributed by atoms with Gasteiger partial charge in [-0.2, -0.15) is 0 Å².